The molecule has 0 spiro atoms. The molecule has 2 aliphatic heterocycles. The van der Waals surface area contributed by atoms with E-state index in [0.717, 1.165) is 0 Å². The topological polar surface area (TPSA) is 82.5 Å². The van der Waals surface area contributed by atoms with E-state index in [2.05, 4.69) is 0 Å². The van der Waals surface area contributed by atoms with E-state index in [9.17, 15) is 10.2 Å². The largest absolute Gasteiger partial charge is 0.394 e. The van der Waals surface area contributed by atoms with Crippen molar-refractivity contribution in [1.29, 1.82) is 0 Å². The molecule has 0 radical (unpaired) electrons. The molecule has 2 rings (SSSR count). The first-order valence-electron chi connectivity index (χ1n) is 3.52. The molecule has 0 bridgehead atoms. The Morgan fingerprint density at radius 1 is 1.09 bits per heavy atom. The number of rotatable bonds is 1. The molecule has 2 heterocycles. The zero-order chi connectivity index (χ0) is 8.01. The first-order chi connectivity index (χ1) is 5.24. The summed E-state index contributed by atoms with van der Waals surface area (Å²) in [7, 11) is 0. The molecule has 3 unspecified atom stereocenters. The second-order valence-electron chi connectivity index (χ2n) is 2.81. The number of aliphatic hydroxyl groups is 3. The van der Waals surface area contributed by atoms with Gasteiger partial charge in [0.05, 0.1) is 6.61 Å². The molecule has 0 aromatic heterocycles. The molecule has 5 atom stereocenters. The minimum atomic E-state index is -1.04. The summed E-state index contributed by atoms with van der Waals surface area (Å²) in [4.78, 5) is 0. The highest BCUT2D eigenvalue weighted by Crippen LogP contribution is 2.35. The first kappa shape index (κ1) is 7.45. The highest BCUT2D eigenvalue weighted by molar-refractivity contribution is 4.96. The number of hydrogen-bond donors (Lipinski definition) is 3. The molecule has 0 amide bonds. The van der Waals surface area contributed by atoms with Crippen LogP contribution < -0.4 is 0 Å². The Balaban J connectivity index is 2.03. The van der Waals surface area contributed by atoms with Crippen LogP contribution in [0.3, 0.4) is 0 Å². The summed E-state index contributed by atoms with van der Waals surface area (Å²) in [5.74, 6) is 0. The van der Waals surface area contributed by atoms with Crippen molar-refractivity contribution in [3.05, 3.63) is 0 Å². The van der Waals surface area contributed by atoms with Crippen molar-refractivity contribution in [2.45, 2.75) is 30.7 Å². The van der Waals surface area contributed by atoms with Gasteiger partial charge in [-0.1, -0.05) is 0 Å². The molecule has 11 heavy (non-hydrogen) atoms. The van der Waals surface area contributed by atoms with Crippen LogP contribution in [0.25, 0.3) is 0 Å². The fourth-order valence-corrected chi connectivity index (χ4v) is 1.28. The van der Waals surface area contributed by atoms with Gasteiger partial charge in [-0.25, -0.2) is 0 Å². The van der Waals surface area contributed by atoms with E-state index in [0.29, 0.717) is 0 Å². The standard InChI is InChI=1S/C6H10O5/c7-1-2-3(8)4(9)5-6(10-2)11-5/h2-9H,1H2/t2?,3-,4?,5?,6+/m0/s1. The lowest BCUT2D eigenvalue weighted by atomic mass is 10.0. The van der Waals surface area contributed by atoms with Crippen molar-refractivity contribution in [1.82, 2.24) is 0 Å². The van der Waals surface area contributed by atoms with E-state index in [4.69, 9.17) is 14.6 Å². The average Bonchev–Trinajstić information content (AvgIpc) is 2.75. The van der Waals surface area contributed by atoms with Gasteiger partial charge in [-0.3, -0.25) is 0 Å². The van der Waals surface area contributed by atoms with Crippen LogP contribution in [0.5, 0.6) is 0 Å². The van der Waals surface area contributed by atoms with Crippen molar-refractivity contribution >= 4 is 0 Å². The van der Waals surface area contributed by atoms with Crippen LogP contribution in [0.1, 0.15) is 0 Å². The van der Waals surface area contributed by atoms with Crippen LogP contribution in [0.4, 0.5) is 0 Å². The fourth-order valence-electron chi connectivity index (χ4n) is 1.28. The van der Waals surface area contributed by atoms with Crippen molar-refractivity contribution in [3.8, 4) is 0 Å². The van der Waals surface area contributed by atoms with Gasteiger partial charge in [0.2, 0.25) is 0 Å². The zero-order valence-corrected chi connectivity index (χ0v) is 5.75. The Bertz CT molecular complexity index is 161. The average molecular weight is 162 g/mol. The van der Waals surface area contributed by atoms with Crippen LogP contribution in [0.15, 0.2) is 0 Å². The molecule has 5 nitrogen and oxygen atoms in total. The van der Waals surface area contributed by atoms with E-state index < -0.39 is 30.7 Å². The fraction of sp³-hybridized carbons (Fsp3) is 1.00. The molecule has 0 aromatic rings. The Hall–Kier alpha value is -0.200. The molecule has 3 N–H and O–H groups in total. The Kier molecular flexibility index (Phi) is 1.62. The van der Waals surface area contributed by atoms with Crippen LogP contribution >= 0.6 is 0 Å². The maximum absolute atomic E-state index is 9.22. The second-order valence-corrected chi connectivity index (χ2v) is 2.81. The normalized spacial score (nSPS) is 55.4. The van der Waals surface area contributed by atoms with Gasteiger partial charge in [-0.2, -0.15) is 0 Å². The third-order valence-corrected chi connectivity index (χ3v) is 2.04. The van der Waals surface area contributed by atoms with Gasteiger partial charge in [0.1, 0.15) is 24.4 Å². The maximum atomic E-state index is 9.22. The molecule has 64 valence electrons. The predicted octanol–water partition coefficient (Wildman–Crippen LogP) is -2.18. The molecule has 2 fully saturated rings. The summed E-state index contributed by atoms with van der Waals surface area (Å²) < 4.78 is 9.86. The van der Waals surface area contributed by atoms with Crippen LogP contribution in [0, 0.1) is 0 Å². The van der Waals surface area contributed by atoms with Crippen LogP contribution in [-0.4, -0.2) is 52.6 Å². The van der Waals surface area contributed by atoms with Gasteiger partial charge in [0.15, 0.2) is 6.29 Å². The molecule has 2 saturated heterocycles. The van der Waals surface area contributed by atoms with Crippen molar-refractivity contribution in [3.63, 3.8) is 0 Å². The number of hydrogen-bond acceptors (Lipinski definition) is 5. The molecule has 0 aliphatic carbocycles. The lowest BCUT2D eigenvalue weighted by Gasteiger charge is -2.27. The Morgan fingerprint density at radius 3 is 2.45 bits per heavy atom. The van der Waals surface area contributed by atoms with E-state index >= 15 is 0 Å². The predicted molar refractivity (Wildman–Crippen MR) is 32.6 cm³/mol. The van der Waals surface area contributed by atoms with E-state index in [-0.39, 0.29) is 6.61 Å². The van der Waals surface area contributed by atoms with Gasteiger partial charge >= 0.3 is 0 Å². The lowest BCUT2D eigenvalue weighted by Crippen LogP contribution is -2.48. The molecule has 5 heteroatoms. The number of aliphatic hydroxyl groups excluding tert-OH is 3. The minimum absolute atomic E-state index is 0.301. The maximum Gasteiger partial charge on any atom is 0.187 e. The summed E-state index contributed by atoms with van der Waals surface area (Å²) >= 11 is 0. The summed E-state index contributed by atoms with van der Waals surface area (Å²) in [6, 6.07) is 0. The molecular weight excluding hydrogens is 152 g/mol. The minimum Gasteiger partial charge on any atom is -0.394 e. The van der Waals surface area contributed by atoms with E-state index in [1.807, 2.05) is 0 Å². The van der Waals surface area contributed by atoms with Gasteiger partial charge in [-0.15, -0.1) is 0 Å². The van der Waals surface area contributed by atoms with Gasteiger partial charge in [-0.05, 0) is 0 Å². The highest BCUT2D eigenvalue weighted by atomic mass is 16.8. The van der Waals surface area contributed by atoms with Gasteiger partial charge in [0.25, 0.3) is 0 Å². The molecule has 0 aromatic carbocycles. The number of fused-ring (bicyclic) bond motifs is 1. The van der Waals surface area contributed by atoms with Crippen molar-refractivity contribution in [2.75, 3.05) is 6.61 Å². The van der Waals surface area contributed by atoms with Crippen molar-refractivity contribution < 1.29 is 24.8 Å². The number of ether oxygens (including phenoxy) is 2. The SMILES string of the molecule is OCC1O[C@@H]2OC2C(O)[C@H]1O. The van der Waals surface area contributed by atoms with Gasteiger partial charge in [0, 0.05) is 0 Å². The summed E-state index contributed by atoms with van der Waals surface area (Å²) in [5, 5.41) is 27.1. The third-order valence-electron chi connectivity index (χ3n) is 2.04. The van der Waals surface area contributed by atoms with E-state index in [1.54, 1.807) is 0 Å². The summed E-state index contributed by atoms with van der Waals surface area (Å²) in [6.07, 6.45) is -3.50. The van der Waals surface area contributed by atoms with Crippen LogP contribution in [-0.2, 0) is 9.47 Å². The molecule has 2 aliphatic rings. The lowest BCUT2D eigenvalue weighted by molar-refractivity contribution is -0.144. The molecule has 0 saturated carbocycles. The summed E-state index contributed by atoms with van der Waals surface area (Å²) in [6.45, 7) is -0.301. The van der Waals surface area contributed by atoms with Crippen molar-refractivity contribution in [2.24, 2.45) is 0 Å². The Morgan fingerprint density at radius 2 is 1.82 bits per heavy atom. The quantitative estimate of drug-likeness (QED) is 0.382. The van der Waals surface area contributed by atoms with Crippen LogP contribution in [0.2, 0.25) is 0 Å². The second kappa shape index (κ2) is 2.40. The zero-order valence-electron chi connectivity index (χ0n) is 5.75. The van der Waals surface area contributed by atoms with E-state index in [1.165, 1.54) is 0 Å². The monoisotopic (exact) mass is 162 g/mol. The smallest absolute Gasteiger partial charge is 0.187 e. The number of epoxide rings is 1. The summed E-state index contributed by atoms with van der Waals surface area (Å²) in [5.41, 5.74) is 0. The van der Waals surface area contributed by atoms with Gasteiger partial charge < -0.3 is 24.8 Å². The Labute approximate surface area is 63.2 Å². The highest BCUT2D eigenvalue weighted by Gasteiger charge is 2.55. The first-order valence-corrected chi connectivity index (χ1v) is 3.52. The molecular formula is C6H10O5. The third kappa shape index (κ3) is 1.05.